The third-order valence-corrected chi connectivity index (χ3v) is 5.64. The van der Waals surface area contributed by atoms with Crippen LogP contribution in [0.15, 0.2) is 94.9 Å². The molecule has 0 saturated carbocycles. The lowest BCUT2D eigenvalue weighted by atomic mass is 10.1. The molecule has 0 aliphatic carbocycles. The molecule has 4 nitrogen and oxygen atoms in total. The number of hydrogen-bond acceptors (Lipinski definition) is 4. The lowest BCUT2D eigenvalue weighted by Gasteiger charge is -2.05. The fraction of sp³-hybridized carbons (Fsp3) is 0. The van der Waals surface area contributed by atoms with E-state index in [-0.39, 0.29) is 5.88 Å². The highest BCUT2D eigenvalue weighted by molar-refractivity contribution is 7.10. The third-order valence-electron chi connectivity index (χ3n) is 4.66. The van der Waals surface area contributed by atoms with Gasteiger partial charge in [0, 0.05) is 17.4 Å². The number of aromatic nitrogens is 1. The summed E-state index contributed by atoms with van der Waals surface area (Å²) in [7, 11) is 0. The SMILES string of the molecule is Oc1c(C=C2C=Nc3ccccc32)sc(=Nc2ccccc2)n1-c1ccccc1. The Bertz CT molecular complexity index is 1300. The third kappa shape index (κ3) is 3.32. The number of aromatic hydroxyl groups is 1. The molecule has 0 saturated heterocycles. The van der Waals surface area contributed by atoms with Crippen molar-refractivity contribution in [1.29, 1.82) is 0 Å². The molecule has 0 radical (unpaired) electrons. The van der Waals surface area contributed by atoms with Crippen LogP contribution in [0.3, 0.4) is 0 Å². The smallest absolute Gasteiger partial charge is 0.215 e. The van der Waals surface area contributed by atoms with Gasteiger partial charge in [-0.3, -0.25) is 9.56 Å². The van der Waals surface area contributed by atoms with Gasteiger partial charge in [0.05, 0.1) is 21.9 Å². The highest BCUT2D eigenvalue weighted by Gasteiger charge is 2.16. The molecule has 0 unspecified atom stereocenters. The maximum atomic E-state index is 11.1. The van der Waals surface area contributed by atoms with Crippen LogP contribution in [0, 0.1) is 0 Å². The molecule has 1 aliphatic heterocycles. The zero-order chi connectivity index (χ0) is 19.6. The summed E-state index contributed by atoms with van der Waals surface area (Å²) in [6.07, 6.45) is 3.81. The van der Waals surface area contributed by atoms with E-state index in [4.69, 9.17) is 4.99 Å². The minimum atomic E-state index is 0.168. The minimum Gasteiger partial charge on any atom is -0.493 e. The van der Waals surface area contributed by atoms with Gasteiger partial charge in [-0.2, -0.15) is 0 Å². The number of allylic oxidation sites excluding steroid dienone is 1. The molecule has 0 amide bonds. The second-order valence-electron chi connectivity index (χ2n) is 6.57. The molecular formula is C24H17N3OS. The van der Waals surface area contributed by atoms with E-state index in [0.29, 0.717) is 4.80 Å². The number of para-hydroxylation sites is 3. The van der Waals surface area contributed by atoms with Crippen molar-refractivity contribution in [3.63, 3.8) is 0 Å². The maximum absolute atomic E-state index is 11.1. The number of benzene rings is 3. The second kappa shape index (κ2) is 7.37. The van der Waals surface area contributed by atoms with Crippen LogP contribution in [0.1, 0.15) is 10.4 Å². The number of aliphatic imine (C=N–C) groups is 1. The van der Waals surface area contributed by atoms with Crippen molar-refractivity contribution in [1.82, 2.24) is 4.57 Å². The van der Waals surface area contributed by atoms with Gasteiger partial charge in [0.1, 0.15) is 0 Å². The highest BCUT2D eigenvalue weighted by Crippen LogP contribution is 2.35. The quantitative estimate of drug-likeness (QED) is 0.473. The molecule has 0 bridgehead atoms. The fourth-order valence-electron chi connectivity index (χ4n) is 3.28. The zero-order valence-corrected chi connectivity index (χ0v) is 16.3. The lowest BCUT2D eigenvalue weighted by molar-refractivity contribution is 0.439. The zero-order valence-electron chi connectivity index (χ0n) is 15.4. The predicted molar refractivity (Wildman–Crippen MR) is 119 cm³/mol. The summed E-state index contributed by atoms with van der Waals surface area (Å²) in [6, 6.07) is 27.5. The van der Waals surface area contributed by atoms with Gasteiger partial charge in [-0.1, -0.05) is 65.9 Å². The van der Waals surface area contributed by atoms with E-state index in [2.05, 4.69) is 4.99 Å². The molecule has 1 N–H and O–H groups in total. The molecule has 3 aromatic carbocycles. The molecule has 2 heterocycles. The van der Waals surface area contributed by atoms with Gasteiger partial charge in [0.15, 0.2) is 4.80 Å². The molecule has 1 aromatic heterocycles. The normalized spacial score (nSPS) is 14.5. The van der Waals surface area contributed by atoms with Crippen LogP contribution >= 0.6 is 11.3 Å². The molecule has 0 spiro atoms. The number of nitrogens with zero attached hydrogens (tertiary/aromatic N) is 3. The van der Waals surface area contributed by atoms with Gasteiger partial charge in [0.25, 0.3) is 0 Å². The molecule has 140 valence electrons. The number of rotatable bonds is 3. The minimum absolute atomic E-state index is 0.168. The Morgan fingerprint density at radius 1 is 0.862 bits per heavy atom. The van der Waals surface area contributed by atoms with E-state index in [0.717, 1.165) is 33.1 Å². The van der Waals surface area contributed by atoms with E-state index < -0.39 is 0 Å². The van der Waals surface area contributed by atoms with E-state index in [1.54, 1.807) is 4.57 Å². The Balaban J connectivity index is 1.70. The first-order valence-electron chi connectivity index (χ1n) is 9.25. The van der Waals surface area contributed by atoms with Gasteiger partial charge >= 0.3 is 0 Å². The van der Waals surface area contributed by atoms with Crippen molar-refractivity contribution < 1.29 is 5.11 Å². The average Bonchev–Trinajstić information content (AvgIpc) is 3.31. The standard InChI is InChI=1S/C24H17N3OS/c28-23-22(15-17-16-25-21-14-8-7-13-20(17)21)29-24(26-18-9-3-1-4-10-18)27(23)19-11-5-2-6-12-19/h1-16,28H. The monoisotopic (exact) mass is 395 g/mol. The van der Waals surface area contributed by atoms with Crippen molar-refractivity contribution in [2.75, 3.05) is 0 Å². The molecule has 4 aromatic rings. The summed E-state index contributed by atoms with van der Waals surface area (Å²) in [6.45, 7) is 0. The van der Waals surface area contributed by atoms with Crippen LogP contribution in [0.4, 0.5) is 11.4 Å². The van der Waals surface area contributed by atoms with Gasteiger partial charge in [-0.15, -0.1) is 0 Å². The van der Waals surface area contributed by atoms with Crippen molar-refractivity contribution in [3.8, 4) is 11.6 Å². The fourth-order valence-corrected chi connectivity index (χ4v) is 4.27. The molecule has 5 rings (SSSR count). The van der Waals surface area contributed by atoms with E-state index in [1.807, 2.05) is 97.2 Å². The molecule has 1 aliphatic rings. The first kappa shape index (κ1) is 17.4. The van der Waals surface area contributed by atoms with Crippen LogP contribution in [-0.4, -0.2) is 15.9 Å². The second-order valence-corrected chi connectivity index (χ2v) is 7.57. The van der Waals surface area contributed by atoms with Gasteiger partial charge in [-0.05, 0) is 36.4 Å². The van der Waals surface area contributed by atoms with E-state index >= 15 is 0 Å². The Morgan fingerprint density at radius 2 is 1.55 bits per heavy atom. The van der Waals surface area contributed by atoms with Crippen LogP contribution in [0.25, 0.3) is 17.3 Å². The van der Waals surface area contributed by atoms with Crippen molar-refractivity contribution in [3.05, 3.63) is 100 Å². The molecule has 0 fully saturated rings. The predicted octanol–water partition coefficient (Wildman–Crippen LogP) is 5.73. The van der Waals surface area contributed by atoms with Crippen molar-refractivity contribution >= 4 is 40.6 Å². The van der Waals surface area contributed by atoms with Gasteiger partial charge in [0.2, 0.25) is 5.88 Å². The van der Waals surface area contributed by atoms with E-state index in [1.165, 1.54) is 11.3 Å². The summed E-state index contributed by atoms with van der Waals surface area (Å²) in [5, 5.41) is 11.1. The summed E-state index contributed by atoms with van der Waals surface area (Å²) in [5.74, 6) is 0.168. The van der Waals surface area contributed by atoms with Gasteiger partial charge < -0.3 is 5.11 Å². The lowest BCUT2D eigenvalue weighted by Crippen LogP contribution is -2.11. The van der Waals surface area contributed by atoms with Crippen LogP contribution < -0.4 is 4.80 Å². The highest BCUT2D eigenvalue weighted by atomic mass is 32.1. The molecule has 0 atom stereocenters. The topological polar surface area (TPSA) is 49.9 Å². The summed E-state index contributed by atoms with van der Waals surface area (Å²) in [4.78, 5) is 10.7. The number of thiazole rings is 1. The van der Waals surface area contributed by atoms with E-state index in [9.17, 15) is 5.11 Å². The van der Waals surface area contributed by atoms with Crippen LogP contribution in [0.2, 0.25) is 0 Å². The molecular weight excluding hydrogens is 378 g/mol. The first-order chi connectivity index (χ1) is 14.3. The summed E-state index contributed by atoms with van der Waals surface area (Å²) >= 11 is 1.45. The summed E-state index contributed by atoms with van der Waals surface area (Å²) < 4.78 is 1.78. The first-order valence-corrected chi connectivity index (χ1v) is 10.1. The Hall–Kier alpha value is -3.70. The number of fused-ring (bicyclic) bond motifs is 1. The van der Waals surface area contributed by atoms with Crippen LogP contribution in [0.5, 0.6) is 5.88 Å². The molecule has 5 heteroatoms. The largest absolute Gasteiger partial charge is 0.493 e. The van der Waals surface area contributed by atoms with Gasteiger partial charge in [-0.25, -0.2) is 4.99 Å². The maximum Gasteiger partial charge on any atom is 0.215 e. The summed E-state index contributed by atoms with van der Waals surface area (Å²) in [5.41, 5.74) is 4.68. The van der Waals surface area contributed by atoms with Crippen molar-refractivity contribution in [2.45, 2.75) is 0 Å². The van der Waals surface area contributed by atoms with Crippen molar-refractivity contribution in [2.24, 2.45) is 9.98 Å². The Morgan fingerprint density at radius 3 is 2.34 bits per heavy atom. The molecule has 29 heavy (non-hydrogen) atoms. The Labute approximate surface area is 172 Å². The Kier molecular flexibility index (Phi) is 4.42. The average molecular weight is 395 g/mol. The number of hydrogen-bond donors (Lipinski definition) is 1. The van der Waals surface area contributed by atoms with Crippen LogP contribution in [-0.2, 0) is 0 Å².